The molecule has 2 aliphatic heterocycles. The lowest BCUT2D eigenvalue weighted by atomic mass is 9.77. The molecule has 3 aromatic carbocycles. The van der Waals surface area contributed by atoms with Crippen LogP contribution >= 0.6 is 12.2 Å². The van der Waals surface area contributed by atoms with Crippen molar-refractivity contribution < 1.29 is 24.5 Å². The highest BCUT2D eigenvalue weighted by molar-refractivity contribution is 7.80. The van der Waals surface area contributed by atoms with Crippen LogP contribution in [0.25, 0.3) is 0 Å². The molecule has 33 heavy (non-hydrogen) atoms. The largest absolute Gasteiger partial charge is 0.508 e. The van der Waals surface area contributed by atoms with Gasteiger partial charge in [-0.25, -0.2) is 4.79 Å². The summed E-state index contributed by atoms with van der Waals surface area (Å²) in [7, 11) is 0. The predicted molar refractivity (Wildman–Crippen MR) is 126 cm³/mol. The second-order valence-electron chi connectivity index (χ2n) is 7.82. The number of nitrogens with two attached hydrogens (primary N) is 1. The number of aromatic hydroxyl groups is 2. The smallest absolute Gasteiger partial charge is 0.340 e. The van der Waals surface area contributed by atoms with Gasteiger partial charge in [-0.2, -0.15) is 0 Å². The molecule has 3 aromatic rings. The molecular formula is C24H21N3O5S. The molecule has 5 rings (SSSR count). The van der Waals surface area contributed by atoms with Gasteiger partial charge in [0.25, 0.3) is 0 Å². The average Bonchev–Trinajstić information content (AvgIpc) is 3.06. The van der Waals surface area contributed by atoms with Gasteiger partial charge in [-0.1, -0.05) is 6.07 Å². The maximum absolute atomic E-state index is 13.1. The molecule has 0 saturated carbocycles. The number of rotatable bonds is 4. The average molecular weight is 464 g/mol. The quantitative estimate of drug-likeness (QED) is 0.225. The fourth-order valence-corrected chi connectivity index (χ4v) is 4.48. The van der Waals surface area contributed by atoms with E-state index in [1.165, 1.54) is 24.3 Å². The molecule has 168 valence electrons. The molecule has 0 fully saturated rings. The Bertz CT molecular complexity index is 1240. The van der Waals surface area contributed by atoms with E-state index in [0.717, 1.165) is 6.42 Å². The molecule has 0 aromatic heterocycles. The summed E-state index contributed by atoms with van der Waals surface area (Å²) in [6.07, 6.45) is 0.785. The third-order valence-electron chi connectivity index (χ3n) is 5.70. The number of hydrogen-bond acceptors (Lipinski definition) is 7. The Morgan fingerprint density at radius 3 is 2.24 bits per heavy atom. The van der Waals surface area contributed by atoms with Crippen molar-refractivity contribution in [3.05, 3.63) is 76.9 Å². The van der Waals surface area contributed by atoms with Crippen molar-refractivity contribution in [2.24, 2.45) is 5.73 Å². The zero-order chi connectivity index (χ0) is 23.2. The highest BCUT2D eigenvalue weighted by Crippen LogP contribution is 2.57. The summed E-state index contributed by atoms with van der Waals surface area (Å²) in [5.41, 5.74) is 7.01. The van der Waals surface area contributed by atoms with E-state index < -0.39 is 11.6 Å². The minimum Gasteiger partial charge on any atom is -0.508 e. The van der Waals surface area contributed by atoms with Crippen LogP contribution in [0.4, 0.5) is 5.69 Å². The maximum Gasteiger partial charge on any atom is 0.340 e. The first-order valence-electron chi connectivity index (χ1n) is 10.4. The topological polar surface area (TPSA) is 126 Å². The lowest BCUT2D eigenvalue weighted by molar-refractivity contribution is 0.0224. The van der Waals surface area contributed by atoms with Gasteiger partial charge in [0.15, 0.2) is 10.7 Å². The molecule has 0 unspecified atom stereocenters. The monoisotopic (exact) mass is 463 g/mol. The number of phenolic OH excluding ortho intramolecular Hbond substituents is 2. The number of carbonyl (C=O) groups excluding carboxylic acids is 1. The molecule has 1 spiro atoms. The third-order valence-corrected chi connectivity index (χ3v) is 5.94. The minimum absolute atomic E-state index is 0.00671. The summed E-state index contributed by atoms with van der Waals surface area (Å²) in [4.78, 5) is 13.1. The molecule has 8 nitrogen and oxygen atoms in total. The Morgan fingerprint density at radius 1 is 0.970 bits per heavy atom. The molecule has 0 saturated heterocycles. The van der Waals surface area contributed by atoms with Crippen molar-refractivity contribution in [3.8, 4) is 23.0 Å². The standard InChI is InChI=1S/C24H21N3O5S/c25-8-1-9-26-23(33)27-13-2-5-17-16(10-13)22(30)32-24(17)18-6-3-14(28)11-20(18)31-21-12-15(29)4-7-19(21)24/h2-7,10-12,28-29H,1,8-9,25H2,(H2,26,27,33). The van der Waals surface area contributed by atoms with Gasteiger partial charge in [-0.15, -0.1) is 0 Å². The Kier molecular flexibility index (Phi) is 5.07. The number of ether oxygens (including phenoxy) is 2. The van der Waals surface area contributed by atoms with E-state index in [1.54, 1.807) is 18.2 Å². The van der Waals surface area contributed by atoms with Crippen LogP contribution in [0.1, 0.15) is 33.5 Å². The van der Waals surface area contributed by atoms with Crippen LogP contribution in [0.15, 0.2) is 54.6 Å². The van der Waals surface area contributed by atoms with Crippen molar-refractivity contribution in [2.45, 2.75) is 12.0 Å². The van der Waals surface area contributed by atoms with Gasteiger partial charge in [0.2, 0.25) is 0 Å². The van der Waals surface area contributed by atoms with E-state index in [-0.39, 0.29) is 11.5 Å². The highest BCUT2D eigenvalue weighted by atomic mass is 32.1. The summed E-state index contributed by atoms with van der Waals surface area (Å²) in [6, 6.07) is 14.6. The Balaban J connectivity index is 1.61. The zero-order valence-corrected chi connectivity index (χ0v) is 18.2. The maximum atomic E-state index is 13.1. The minimum atomic E-state index is -1.28. The molecule has 0 atom stereocenters. The van der Waals surface area contributed by atoms with E-state index >= 15 is 0 Å². The number of anilines is 1. The molecule has 0 amide bonds. The van der Waals surface area contributed by atoms with Crippen LogP contribution in [0.2, 0.25) is 0 Å². The second-order valence-corrected chi connectivity index (χ2v) is 8.23. The number of esters is 1. The molecule has 6 N–H and O–H groups in total. The van der Waals surface area contributed by atoms with Crippen LogP contribution in [0.5, 0.6) is 23.0 Å². The molecular weight excluding hydrogens is 442 g/mol. The van der Waals surface area contributed by atoms with Gasteiger partial charge in [-0.05, 0) is 61.6 Å². The lowest BCUT2D eigenvalue weighted by Crippen LogP contribution is -2.33. The first-order chi connectivity index (χ1) is 15.9. The first-order valence-corrected chi connectivity index (χ1v) is 10.8. The molecule has 0 bridgehead atoms. The second kappa shape index (κ2) is 7.95. The Labute approximate surface area is 194 Å². The molecule has 9 heteroatoms. The third kappa shape index (κ3) is 3.42. The van der Waals surface area contributed by atoms with E-state index in [2.05, 4.69) is 10.6 Å². The summed E-state index contributed by atoms with van der Waals surface area (Å²) in [5, 5.41) is 26.6. The summed E-state index contributed by atoms with van der Waals surface area (Å²) in [5.74, 6) is 0.178. The van der Waals surface area contributed by atoms with Gasteiger partial charge in [0, 0.05) is 41.1 Å². The van der Waals surface area contributed by atoms with Gasteiger partial charge in [0.1, 0.15) is 23.0 Å². The summed E-state index contributed by atoms with van der Waals surface area (Å²) < 4.78 is 12.0. The van der Waals surface area contributed by atoms with Crippen molar-refractivity contribution >= 4 is 29.0 Å². The van der Waals surface area contributed by atoms with Gasteiger partial charge in [0.05, 0.1) is 5.56 Å². The Morgan fingerprint density at radius 2 is 1.61 bits per heavy atom. The molecule has 0 aliphatic carbocycles. The normalized spacial score (nSPS) is 14.5. The van der Waals surface area contributed by atoms with Crippen LogP contribution in [0, 0.1) is 0 Å². The molecule has 2 heterocycles. The summed E-state index contributed by atoms with van der Waals surface area (Å²) in [6.45, 7) is 1.20. The fraction of sp³-hybridized carbons (Fsp3) is 0.167. The van der Waals surface area contributed by atoms with Crippen molar-refractivity contribution in [1.29, 1.82) is 0 Å². The highest BCUT2D eigenvalue weighted by Gasteiger charge is 2.53. The number of thiocarbonyl (C=S) groups is 1. The number of nitrogens with one attached hydrogen (secondary N) is 2. The van der Waals surface area contributed by atoms with E-state index in [0.29, 0.717) is 57.6 Å². The number of hydrogen-bond donors (Lipinski definition) is 5. The molecule has 0 radical (unpaired) electrons. The van der Waals surface area contributed by atoms with Crippen molar-refractivity contribution in [2.75, 3.05) is 18.4 Å². The number of fused-ring (bicyclic) bond motifs is 6. The van der Waals surface area contributed by atoms with Crippen molar-refractivity contribution in [1.82, 2.24) is 5.32 Å². The van der Waals surface area contributed by atoms with Crippen LogP contribution in [0.3, 0.4) is 0 Å². The zero-order valence-electron chi connectivity index (χ0n) is 17.4. The summed E-state index contributed by atoms with van der Waals surface area (Å²) >= 11 is 5.31. The van der Waals surface area contributed by atoms with E-state index in [4.69, 9.17) is 27.4 Å². The van der Waals surface area contributed by atoms with E-state index in [1.807, 2.05) is 12.1 Å². The van der Waals surface area contributed by atoms with Crippen molar-refractivity contribution in [3.63, 3.8) is 0 Å². The van der Waals surface area contributed by atoms with Crippen LogP contribution in [-0.4, -0.2) is 34.4 Å². The Hall–Kier alpha value is -3.82. The molecule has 2 aliphatic rings. The number of benzene rings is 3. The predicted octanol–water partition coefficient (Wildman–Crippen LogP) is 3.30. The van der Waals surface area contributed by atoms with E-state index in [9.17, 15) is 15.0 Å². The van der Waals surface area contributed by atoms with Crippen LogP contribution < -0.4 is 21.1 Å². The van der Waals surface area contributed by atoms with Gasteiger partial charge in [-0.3, -0.25) is 0 Å². The van der Waals surface area contributed by atoms with Crippen LogP contribution in [-0.2, 0) is 10.3 Å². The lowest BCUT2D eigenvalue weighted by Gasteiger charge is -2.36. The number of carbonyl (C=O) groups is 1. The number of phenols is 2. The van der Waals surface area contributed by atoms with Gasteiger partial charge < -0.3 is 36.1 Å². The SMILES string of the molecule is NCCCNC(=S)Nc1ccc2c(c1)C(=O)OC21c2ccc(O)cc2Oc2cc(O)ccc21. The van der Waals surface area contributed by atoms with Gasteiger partial charge >= 0.3 is 5.97 Å². The fourth-order valence-electron chi connectivity index (χ4n) is 4.26. The first kappa shape index (κ1) is 21.0.